The van der Waals surface area contributed by atoms with Gasteiger partial charge in [-0.25, -0.2) is 4.79 Å². The number of ketones is 1. The first-order valence-electron chi connectivity index (χ1n) is 10.8. The molecule has 3 aromatic rings. The SMILES string of the molecule is Cc1ccc(C2=CCC(C)(C)c3cc(C(=O)C(=O)Nc4ccc(C(=O)O)cc4)ccc32)cc1. The van der Waals surface area contributed by atoms with E-state index in [0.717, 1.165) is 28.7 Å². The molecule has 33 heavy (non-hydrogen) atoms. The van der Waals surface area contributed by atoms with Crippen molar-refractivity contribution in [2.75, 3.05) is 5.32 Å². The van der Waals surface area contributed by atoms with Crippen LogP contribution in [0.1, 0.15) is 63.2 Å². The molecule has 0 aliphatic heterocycles. The number of aromatic carboxylic acids is 1. The van der Waals surface area contributed by atoms with Crippen LogP contribution in [0, 0.1) is 6.92 Å². The maximum absolute atomic E-state index is 12.9. The van der Waals surface area contributed by atoms with Gasteiger partial charge in [0.15, 0.2) is 0 Å². The summed E-state index contributed by atoms with van der Waals surface area (Å²) in [7, 11) is 0. The van der Waals surface area contributed by atoms with Crippen LogP contribution in [-0.2, 0) is 10.2 Å². The van der Waals surface area contributed by atoms with Gasteiger partial charge >= 0.3 is 5.97 Å². The number of hydrogen-bond donors (Lipinski definition) is 2. The highest BCUT2D eigenvalue weighted by Gasteiger charge is 2.30. The Morgan fingerprint density at radius 3 is 2.15 bits per heavy atom. The van der Waals surface area contributed by atoms with E-state index in [-0.39, 0.29) is 11.0 Å². The number of anilines is 1. The minimum absolute atomic E-state index is 0.105. The summed E-state index contributed by atoms with van der Waals surface area (Å²) in [5, 5.41) is 11.5. The van der Waals surface area contributed by atoms with Crippen molar-refractivity contribution in [1.29, 1.82) is 0 Å². The van der Waals surface area contributed by atoms with Crippen LogP contribution < -0.4 is 5.32 Å². The number of allylic oxidation sites excluding steroid dienone is 1. The highest BCUT2D eigenvalue weighted by molar-refractivity contribution is 6.46. The summed E-state index contributed by atoms with van der Waals surface area (Å²) in [6.07, 6.45) is 3.06. The molecule has 0 radical (unpaired) electrons. The lowest BCUT2D eigenvalue weighted by Gasteiger charge is -2.32. The lowest BCUT2D eigenvalue weighted by atomic mass is 9.71. The van der Waals surface area contributed by atoms with Gasteiger partial charge in [0.1, 0.15) is 0 Å². The highest BCUT2D eigenvalue weighted by Crippen LogP contribution is 2.41. The molecule has 1 amide bonds. The second-order valence-corrected chi connectivity index (χ2v) is 9.00. The molecule has 4 rings (SSSR count). The molecule has 0 spiro atoms. The van der Waals surface area contributed by atoms with Gasteiger partial charge in [0.05, 0.1) is 5.56 Å². The number of fused-ring (bicyclic) bond motifs is 1. The first-order chi connectivity index (χ1) is 15.7. The number of benzene rings is 3. The second-order valence-electron chi connectivity index (χ2n) is 9.00. The number of hydrogen-bond acceptors (Lipinski definition) is 3. The average molecular weight is 440 g/mol. The molecule has 2 N–H and O–H groups in total. The fourth-order valence-corrected chi connectivity index (χ4v) is 4.08. The molecular weight excluding hydrogens is 414 g/mol. The Labute approximate surface area is 192 Å². The zero-order valence-corrected chi connectivity index (χ0v) is 18.8. The zero-order valence-electron chi connectivity index (χ0n) is 18.8. The molecule has 0 saturated heterocycles. The second kappa shape index (κ2) is 8.51. The number of carbonyl (C=O) groups is 3. The molecule has 166 valence electrons. The van der Waals surface area contributed by atoms with Crippen molar-refractivity contribution in [3.05, 3.63) is 106 Å². The van der Waals surface area contributed by atoms with Crippen LogP contribution in [0.5, 0.6) is 0 Å². The summed E-state index contributed by atoms with van der Waals surface area (Å²) in [6, 6.07) is 19.5. The van der Waals surface area contributed by atoms with E-state index in [9.17, 15) is 14.4 Å². The van der Waals surface area contributed by atoms with Gasteiger partial charge in [-0.3, -0.25) is 9.59 Å². The predicted octanol–water partition coefficient (Wildman–Crippen LogP) is 5.63. The topological polar surface area (TPSA) is 83.5 Å². The Kier molecular flexibility index (Phi) is 5.73. The van der Waals surface area contributed by atoms with E-state index in [2.05, 4.69) is 56.4 Å². The molecule has 0 atom stereocenters. The third kappa shape index (κ3) is 4.48. The Balaban J connectivity index is 1.61. The van der Waals surface area contributed by atoms with Crippen LogP contribution in [0.15, 0.2) is 72.8 Å². The molecule has 1 aliphatic rings. The van der Waals surface area contributed by atoms with E-state index >= 15 is 0 Å². The minimum atomic E-state index is -1.06. The number of rotatable bonds is 5. The number of carboxylic acids is 1. The molecule has 0 aromatic heterocycles. The van der Waals surface area contributed by atoms with Crippen LogP contribution in [0.2, 0.25) is 0 Å². The average Bonchev–Trinajstić information content (AvgIpc) is 2.79. The number of amides is 1. The van der Waals surface area contributed by atoms with Crippen molar-refractivity contribution in [2.24, 2.45) is 0 Å². The van der Waals surface area contributed by atoms with E-state index in [1.54, 1.807) is 6.07 Å². The van der Waals surface area contributed by atoms with Crippen molar-refractivity contribution in [2.45, 2.75) is 32.6 Å². The Morgan fingerprint density at radius 2 is 1.52 bits per heavy atom. The third-order valence-corrected chi connectivity index (χ3v) is 6.08. The molecule has 0 bridgehead atoms. The molecule has 5 heteroatoms. The summed E-state index contributed by atoms with van der Waals surface area (Å²) in [6.45, 7) is 6.32. The summed E-state index contributed by atoms with van der Waals surface area (Å²) in [5.41, 5.74) is 6.16. The monoisotopic (exact) mass is 439 g/mol. The van der Waals surface area contributed by atoms with Crippen molar-refractivity contribution < 1.29 is 19.5 Å². The zero-order chi connectivity index (χ0) is 23.8. The van der Waals surface area contributed by atoms with Gasteiger partial charge in [0, 0.05) is 11.3 Å². The van der Waals surface area contributed by atoms with Gasteiger partial charge in [0.25, 0.3) is 11.7 Å². The largest absolute Gasteiger partial charge is 0.478 e. The lowest BCUT2D eigenvalue weighted by molar-refractivity contribution is -0.112. The lowest BCUT2D eigenvalue weighted by Crippen LogP contribution is -2.26. The third-order valence-electron chi connectivity index (χ3n) is 6.08. The summed E-state index contributed by atoms with van der Waals surface area (Å²) < 4.78 is 0. The van der Waals surface area contributed by atoms with E-state index in [1.807, 2.05) is 12.1 Å². The number of carboxylic acid groups (broad SMARTS) is 1. The summed E-state index contributed by atoms with van der Waals surface area (Å²) in [4.78, 5) is 36.5. The Bertz CT molecular complexity index is 1280. The van der Waals surface area contributed by atoms with E-state index in [4.69, 9.17) is 5.11 Å². The molecule has 1 aliphatic carbocycles. The van der Waals surface area contributed by atoms with E-state index < -0.39 is 17.7 Å². The molecule has 0 saturated carbocycles. The molecule has 0 fully saturated rings. The normalized spacial score (nSPS) is 14.1. The van der Waals surface area contributed by atoms with Crippen LogP contribution in [0.3, 0.4) is 0 Å². The predicted molar refractivity (Wildman–Crippen MR) is 129 cm³/mol. The molecule has 5 nitrogen and oxygen atoms in total. The van der Waals surface area contributed by atoms with Gasteiger partial charge in [-0.15, -0.1) is 0 Å². The van der Waals surface area contributed by atoms with Crippen LogP contribution in [0.4, 0.5) is 5.69 Å². The first-order valence-corrected chi connectivity index (χ1v) is 10.8. The highest BCUT2D eigenvalue weighted by atomic mass is 16.4. The summed E-state index contributed by atoms with van der Waals surface area (Å²) in [5.74, 6) is -2.46. The number of nitrogens with one attached hydrogen (secondary N) is 1. The maximum atomic E-state index is 12.9. The fraction of sp³-hybridized carbons (Fsp3) is 0.179. The van der Waals surface area contributed by atoms with Gasteiger partial charge < -0.3 is 10.4 Å². The van der Waals surface area contributed by atoms with Gasteiger partial charge in [-0.05, 0) is 71.4 Å². The molecule has 0 unspecified atom stereocenters. The van der Waals surface area contributed by atoms with Gasteiger partial charge in [-0.1, -0.05) is 61.9 Å². The standard InChI is InChI=1S/C28H25NO4/c1-17-4-6-18(7-5-17)22-14-15-28(2,3)24-16-20(10-13-23(22)24)25(30)26(31)29-21-11-8-19(9-12-21)27(32)33/h4-14,16H,15H2,1-3H3,(H,29,31)(H,32,33). The molecule has 3 aromatic carbocycles. The van der Waals surface area contributed by atoms with Crippen molar-refractivity contribution in [1.82, 2.24) is 0 Å². The Morgan fingerprint density at radius 1 is 0.879 bits per heavy atom. The number of Topliss-reactive ketones (excluding diaryl/α,β-unsaturated/α-hetero) is 1. The van der Waals surface area contributed by atoms with Gasteiger partial charge in [0.2, 0.25) is 0 Å². The van der Waals surface area contributed by atoms with Crippen LogP contribution in [-0.4, -0.2) is 22.8 Å². The smallest absolute Gasteiger partial charge is 0.335 e. The van der Waals surface area contributed by atoms with Crippen molar-refractivity contribution in [3.63, 3.8) is 0 Å². The fourth-order valence-electron chi connectivity index (χ4n) is 4.08. The molecule has 0 heterocycles. The van der Waals surface area contributed by atoms with E-state index in [1.165, 1.54) is 29.8 Å². The van der Waals surface area contributed by atoms with Gasteiger partial charge in [-0.2, -0.15) is 0 Å². The number of aryl methyl sites for hydroxylation is 1. The van der Waals surface area contributed by atoms with Crippen molar-refractivity contribution in [3.8, 4) is 0 Å². The quantitative estimate of drug-likeness (QED) is 0.399. The van der Waals surface area contributed by atoms with Crippen LogP contribution in [0.25, 0.3) is 5.57 Å². The molecular formula is C28H25NO4. The van der Waals surface area contributed by atoms with Crippen molar-refractivity contribution >= 4 is 28.9 Å². The van der Waals surface area contributed by atoms with Crippen LogP contribution >= 0.6 is 0 Å². The maximum Gasteiger partial charge on any atom is 0.335 e. The first kappa shape index (κ1) is 22.2. The Hall–Kier alpha value is -3.99. The summed E-state index contributed by atoms with van der Waals surface area (Å²) >= 11 is 0. The minimum Gasteiger partial charge on any atom is -0.478 e. The van der Waals surface area contributed by atoms with E-state index in [0.29, 0.717) is 11.3 Å². The number of carbonyl (C=O) groups excluding carboxylic acids is 2.